The minimum atomic E-state index is 0.0700. The van der Waals surface area contributed by atoms with E-state index in [0.29, 0.717) is 12.4 Å². The van der Waals surface area contributed by atoms with E-state index in [4.69, 9.17) is 9.15 Å². The van der Waals surface area contributed by atoms with Crippen molar-refractivity contribution in [1.29, 1.82) is 0 Å². The molecule has 0 radical (unpaired) electrons. The van der Waals surface area contributed by atoms with Crippen LogP contribution in [0.4, 0.5) is 5.82 Å². The molecule has 1 aliphatic heterocycles. The van der Waals surface area contributed by atoms with Crippen LogP contribution in [-0.2, 0) is 6.54 Å². The van der Waals surface area contributed by atoms with Crippen molar-refractivity contribution in [2.24, 2.45) is 0 Å². The molecule has 0 amide bonds. The molecule has 146 valence electrons. The summed E-state index contributed by atoms with van der Waals surface area (Å²) in [4.78, 5) is 18.0. The number of ether oxygens (including phenoxy) is 1. The fourth-order valence-corrected chi connectivity index (χ4v) is 3.28. The lowest BCUT2D eigenvalue weighted by Crippen LogP contribution is -2.46. The summed E-state index contributed by atoms with van der Waals surface area (Å²) in [6.45, 7) is 8.23. The third-order valence-electron chi connectivity index (χ3n) is 4.65. The van der Waals surface area contributed by atoms with Gasteiger partial charge >= 0.3 is 0 Å². The van der Waals surface area contributed by atoms with Crippen molar-refractivity contribution in [3.8, 4) is 17.1 Å². The zero-order valence-corrected chi connectivity index (χ0v) is 16.3. The van der Waals surface area contributed by atoms with Gasteiger partial charge in [-0.2, -0.15) is 0 Å². The van der Waals surface area contributed by atoms with Crippen molar-refractivity contribution in [1.82, 2.24) is 19.9 Å². The fourth-order valence-electron chi connectivity index (χ4n) is 3.28. The highest BCUT2D eigenvalue weighted by Gasteiger charge is 2.23. The van der Waals surface area contributed by atoms with Gasteiger partial charge in [0, 0.05) is 44.1 Å². The number of aromatic nitrogens is 3. The Labute approximate surface area is 165 Å². The minimum Gasteiger partial charge on any atom is -0.472 e. The van der Waals surface area contributed by atoms with Gasteiger partial charge in [0.2, 0.25) is 5.89 Å². The van der Waals surface area contributed by atoms with Crippen molar-refractivity contribution in [2.75, 3.05) is 31.1 Å². The molecule has 0 bridgehead atoms. The van der Waals surface area contributed by atoms with Gasteiger partial charge < -0.3 is 14.1 Å². The number of nitrogens with zero attached hydrogens (tertiary/aromatic N) is 5. The summed E-state index contributed by atoms with van der Waals surface area (Å²) in [5.41, 5.74) is 1.95. The zero-order valence-electron chi connectivity index (χ0n) is 16.3. The lowest BCUT2D eigenvalue weighted by Gasteiger charge is -2.35. The second kappa shape index (κ2) is 8.39. The molecular formula is C21H25N5O2. The second-order valence-corrected chi connectivity index (χ2v) is 7.11. The van der Waals surface area contributed by atoms with E-state index in [1.54, 1.807) is 18.7 Å². The van der Waals surface area contributed by atoms with Gasteiger partial charge in [-0.15, -0.1) is 0 Å². The van der Waals surface area contributed by atoms with Crippen LogP contribution in [0, 0.1) is 0 Å². The first kappa shape index (κ1) is 18.4. The number of rotatable bonds is 6. The standard InChI is InChI=1S/C21H25N5O2/c1-16(2)28-21-20(22-8-9-23-21)26-12-10-25(11-13-26)14-19-24-18(15-27-19)17-6-4-3-5-7-17/h3-9,15-16H,10-14H2,1-2H3. The molecule has 7 heteroatoms. The fraction of sp³-hybridized carbons (Fsp3) is 0.381. The summed E-state index contributed by atoms with van der Waals surface area (Å²) in [5, 5.41) is 0. The van der Waals surface area contributed by atoms with E-state index in [2.05, 4.69) is 24.8 Å². The molecule has 0 atom stereocenters. The number of piperazine rings is 1. The Balaban J connectivity index is 1.36. The maximum absolute atomic E-state index is 5.81. The molecule has 0 aliphatic carbocycles. The predicted octanol–water partition coefficient (Wildman–Crippen LogP) is 3.24. The number of anilines is 1. The first-order valence-corrected chi connectivity index (χ1v) is 9.64. The summed E-state index contributed by atoms with van der Waals surface area (Å²) in [5.74, 6) is 2.17. The summed E-state index contributed by atoms with van der Waals surface area (Å²) >= 11 is 0. The first-order chi connectivity index (χ1) is 13.7. The largest absolute Gasteiger partial charge is 0.472 e. The molecule has 0 saturated carbocycles. The number of hydrogen-bond acceptors (Lipinski definition) is 7. The van der Waals surface area contributed by atoms with E-state index >= 15 is 0 Å². The van der Waals surface area contributed by atoms with Crippen LogP contribution >= 0.6 is 0 Å². The molecule has 0 N–H and O–H groups in total. The minimum absolute atomic E-state index is 0.0700. The third-order valence-corrected chi connectivity index (χ3v) is 4.65. The van der Waals surface area contributed by atoms with E-state index in [1.165, 1.54) is 0 Å². The van der Waals surface area contributed by atoms with Crippen LogP contribution in [-0.4, -0.2) is 52.1 Å². The highest BCUT2D eigenvalue weighted by atomic mass is 16.5. The molecule has 1 aromatic carbocycles. The normalized spacial score (nSPS) is 15.2. The van der Waals surface area contributed by atoms with Crippen LogP contribution in [0.5, 0.6) is 5.88 Å². The molecule has 0 spiro atoms. The molecule has 7 nitrogen and oxygen atoms in total. The topological polar surface area (TPSA) is 67.5 Å². The lowest BCUT2D eigenvalue weighted by atomic mass is 10.2. The first-order valence-electron chi connectivity index (χ1n) is 9.64. The molecule has 1 fully saturated rings. The molecule has 3 aromatic rings. The van der Waals surface area contributed by atoms with Gasteiger partial charge in [0.05, 0.1) is 12.6 Å². The van der Waals surface area contributed by atoms with E-state index in [-0.39, 0.29) is 6.10 Å². The molecular weight excluding hydrogens is 354 g/mol. The molecule has 0 unspecified atom stereocenters. The smallest absolute Gasteiger partial charge is 0.257 e. The predicted molar refractivity (Wildman–Crippen MR) is 107 cm³/mol. The average molecular weight is 379 g/mol. The Morgan fingerprint density at radius 2 is 1.79 bits per heavy atom. The SMILES string of the molecule is CC(C)Oc1nccnc1N1CCN(Cc2nc(-c3ccccc3)co2)CC1. The maximum atomic E-state index is 5.81. The van der Waals surface area contributed by atoms with Crippen molar-refractivity contribution in [3.63, 3.8) is 0 Å². The van der Waals surface area contributed by atoms with Gasteiger partial charge in [0.1, 0.15) is 12.0 Å². The number of oxazole rings is 1. The molecule has 2 aromatic heterocycles. The molecule has 28 heavy (non-hydrogen) atoms. The van der Waals surface area contributed by atoms with Gasteiger partial charge in [0.25, 0.3) is 5.88 Å². The number of hydrogen-bond donors (Lipinski definition) is 0. The molecule has 1 saturated heterocycles. The van der Waals surface area contributed by atoms with E-state index in [1.807, 2.05) is 44.2 Å². The van der Waals surface area contributed by atoms with E-state index < -0.39 is 0 Å². The number of benzene rings is 1. The summed E-state index contributed by atoms with van der Waals surface area (Å²) < 4.78 is 11.5. The van der Waals surface area contributed by atoms with Crippen molar-refractivity contribution < 1.29 is 9.15 Å². The average Bonchev–Trinajstić information content (AvgIpc) is 3.18. The molecule has 1 aliphatic rings. The highest BCUT2D eigenvalue weighted by molar-refractivity contribution is 5.57. The maximum Gasteiger partial charge on any atom is 0.257 e. The third kappa shape index (κ3) is 4.31. The van der Waals surface area contributed by atoms with Crippen LogP contribution in [0.2, 0.25) is 0 Å². The van der Waals surface area contributed by atoms with Crippen molar-refractivity contribution in [2.45, 2.75) is 26.5 Å². The van der Waals surface area contributed by atoms with Gasteiger partial charge in [-0.1, -0.05) is 30.3 Å². The Bertz CT molecular complexity index is 889. The van der Waals surface area contributed by atoms with E-state index in [9.17, 15) is 0 Å². The van der Waals surface area contributed by atoms with Crippen molar-refractivity contribution >= 4 is 5.82 Å². The van der Waals surface area contributed by atoms with Gasteiger partial charge in [0.15, 0.2) is 5.82 Å². The Morgan fingerprint density at radius 3 is 2.54 bits per heavy atom. The summed E-state index contributed by atoms with van der Waals surface area (Å²) in [7, 11) is 0. The Kier molecular flexibility index (Phi) is 5.53. The van der Waals surface area contributed by atoms with Gasteiger partial charge in [-0.25, -0.2) is 15.0 Å². The van der Waals surface area contributed by atoms with Gasteiger partial charge in [-0.3, -0.25) is 4.90 Å². The molecule has 4 rings (SSSR count). The summed E-state index contributed by atoms with van der Waals surface area (Å²) in [6.07, 6.45) is 5.19. The van der Waals surface area contributed by atoms with Gasteiger partial charge in [-0.05, 0) is 13.8 Å². The Hall–Kier alpha value is -2.93. The van der Waals surface area contributed by atoms with Crippen LogP contribution < -0.4 is 9.64 Å². The van der Waals surface area contributed by atoms with Crippen LogP contribution in [0.3, 0.4) is 0 Å². The van der Waals surface area contributed by atoms with Crippen LogP contribution in [0.25, 0.3) is 11.3 Å². The van der Waals surface area contributed by atoms with Crippen molar-refractivity contribution in [3.05, 3.63) is 54.9 Å². The molecule has 3 heterocycles. The highest BCUT2D eigenvalue weighted by Crippen LogP contribution is 2.25. The zero-order chi connectivity index (χ0) is 19.3. The van der Waals surface area contributed by atoms with Crippen LogP contribution in [0.15, 0.2) is 53.4 Å². The summed E-state index contributed by atoms with van der Waals surface area (Å²) in [6, 6.07) is 10.1. The second-order valence-electron chi connectivity index (χ2n) is 7.11. The van der Waals surface area contributed by atoms with E-state index in [0.717, 1.165) is 49.1 Å². The lowest BCUT2D eigenvalue weighted by molar-refractivity contribution is 0.218. The monoisotopic (exact) mass is 379 g/mol. The quantitative estimate of drug-likeness (QED) is 0.651. The van der Waals surface area contributed by atoms with Crippen LogP contribution in [0.1, 0.15) is 19.7 Å². The Morgan fingerprint density at radius 1 is 1.04 bits per heavy atom.